The summed E-state index contributed by atoms with van der Waals surface area (Å²) < 4.78 is 0. The monoisotopic (exact) mass is 296 g/mol. The van der Waals surface area contributed by atoms with Crippen molar-refractivity contribution in [2.24, 2.45) is 5.92 Å². The number of benzene rings is 2. The van der Waals surface area contributed by atoms with Crippen LogP contribution in [0.15, 0.2) is 35.9 Å². The molecule has 1 aliphatic carbocycles. The van der Waals surface area contributed by atoms with Crippen molar-refractivity contribution in [3.05, 3.63) is 47.0 Å². The second-order valence-electron chi connectivity index (χ2n) is 6.73. The van der Waals surface area contributed by atoms with Crippen molar-refractivity contribution in [2.75, 3.05) is 0 Å². The molecule has 0 saturated heterocycles. The minimum absolute atomic E-state index is 0.334. The Morgan fingerprint density at radius 3 is 2.27 bits per heavy atom. The first kappa shape index (κ1) is 15.0. The number of rotatable bonds is 4. The van der Waals surface area contributed by atoms with Gasteiger partial charge in [-0.1, -0.05) is 56.2 Å². The topological polar surface area (TPSA) is 40.5 Å². The molecule has 0 aromatic heterocycles. The fourth-order valence-electron chi connectivity index (χ4n) is 3.39. The molecule has 0 bridgehead atoms. The zero-order valence-corrected chi connectivity index (χ0v) is 13.4. The lowest BCUT2D eigenvalue weighted by Crippen LogP contribution is -2.05. The minimum Gasteiger partial charge on any atom is -0.507 e. The van der Waals surface area contributed by atoms with Crippen molar-refractivity contribution >= 4 is 10.8 Å². The molecule has 1 aliphatic rings. The van der Waals surface area contributed by atoms with E-state index < -0.39 is 0 Å². The summed E-state index contributed by atoms with van der Waals surface area (Å²) in [6.07, 6.45) is 7.23. The Kier molecular flexibility index (Phi) is 4.10. The van der Waals surface area contributed by atoms with E-state index in [0.29, 0.717) is 11.5 Å². The molecule has 22 heavy (non-hydrogen) atoms. The van der Waals surface area contributed by atoms with Crippen LogP contribution in [-0.4, -0.2) is 10.2 Å². The van der Waals surface area contributed by atoms with Gasteiger partial charge in [0.25, 0.3) is 0 Å². The molecular formula is C20H24O2. The Bertz CT molecular complexity index is 726. The van der Waals surface area contributed by atoms with E-state index in [9.17, 15) is 10.2 Å². The zero-order valence-electron chi connectivity index (χ0n) is 13.4. The standard InChI is InChI=1S/C20H24O2/c1-13(2)6-5-7-14-10-11-17-18(12-14)20(22)16-9-4-3-8-15(16)19(17)21/h3-4,8-10,13,21-22H,5-7,11-12H2,1-2H3. The molecule has 2 nitrogen and oxygen atoms in total. The summed E-state index contributed by atoms with van der Waals surface area (Å²) in [6.45, 7) is 4.50. The molecule has 0 amide bonds. The summed E-state index contributed by atoms with van der Waals surface area (Å²) in [5, 5.41) is 22.6. The van der Waals surface area contributed by atoms with Gasteiger partial charge in [0.2, 0.25) is 0 Å². The van der Waals surface area contributed by atoms with Gasteiger partial charge < -0.3 is 10.2 Å². The van der Waals surface area contributed by atoms with E-state index in [2.05, 4.69) is 19.9 Å². The number of phenolic OH excluding ortho intramolecular Hbond substituents is 2. The number of fused-ring (bicyclic) bond motifs is 2. The number of aromatic hydroxyl groups is 2. The van der Waals surface area contributed by atoms with Gasteiger partial charge in [-0.15, -0.1) is 0 Å². The molecule has 0 unspecified atom stereocenters. The third-order valence-corrected chi connectivity index (χ3v) is 4.65. The molecule has 2 aromatic carbocycles. The van der Waals surface area contributed by atoms with Crippen molar-refractivity contribution < 1.29 is 10.2 Å². The summed E-state index contributed by atoms with van der Waals surface area (Å²) in [4.78, 5) is 0. The number of phenols is 2. The van der Waals surface area contributed by atoms with Crippen molar-refractivity contribution in [3.63, 3.8) is 0 Å². The Balaban J connectivity index is 1.91. The van der Waals surface area contributed by atoms with E-state index in [1.54, 1.807) is 0 Å². The van der Waals surface area contributed by atoms with E-state index in [1.165, 1.54) is 18.4 Å². The summed E-state index contributed by atoms with van der Waals surface area (Å²) in [5.74, 6) is 1.41. The largest absolute Gasteiger partial charge is 0.507 e. The third kappa shape index (κ3) is 2.70. The van der Waals surface area contributed by atoms with Crippen LogP contribution in [0.1, 0.15) is 44.2 Å². The van der Waals surface area contributed by atoms with E-state index in [1.807, 2.05) is 24.3 Å². The van der Waals surface area contributed by atoms with Crippen molar-refractivity contribution in [1.82, 2.24) is 0 Å². The molecule has 2 N–H and O–H groups in total. The van der Waals surface area contributed by atoms with E-state index >= 15 is 0 Å². The minimum atomic E-state index is 0.334. The lowest BCUT2D eigenvalue weighted by Gasteiger charge is -2.21. The van der Waals surface area contributed by atoms with Gasteiger partial charge in [-0.3, -0.25) is 0 Å². The van der Waals surface area contributed by atoms with Crippen LogP contribution in [-0.2, 0) is 12.8 Å². The molecule has 0 radical (unpaired) electrons. The Labute approximate surface area is 132 Å². The average Bonchev–Trinajstić information content (AvgIpc) is 2.52. The highest BCUT2D eigenvalue weighted by atomic mass is 16.3. The van der Waals surface area contributed by atoms with E-state index in [-0.39, 0.29) is 0 Å². The van der Waals surface area contributed by atoms with Crippen LogP contribution in [0.5, 0.6) is 11.5 Å². The first-order valence-corrected chi connectivity index (χ1v) is 8.20. The van der Waals surface area contributed by atoms with Gasteiger partial charge in [0, 0.05) is 21.9 Å². The molecule has 2 heteroatoms. The SMILES string of the molecule is CC(C)CCCC1=CCc2c(c(O)c3ccccc3c2O)C1. The number of allylic oxidation sites excluding steroid dienone is 2. The fraction of sp³-hybridized carbons (Fsp3) is 0.400. The molecule has 0 heterocycles. The van der Waals surface area contributed by atoms with Crippen LogP contribution in [0.2, 0.25) is 0 Å². The maximum atomic E-state index is 10.6. The molecule has 0 fully saturated rings. The summed E-state index contributed by atoms with van der Waals surface area (Å²) in [5.41, 5.74) is 3.19. The van der Waals surface area contributed by atoms with Crippen LogP contribution in [0.3, 0.4) is 0 Å². The van der Waals surface area contributed by atoms with Crippen molar-refractivity contribution in [3.8, 4) is 11.5 Å². The van der Waals surface area contributed by atoms with Gasteiger partial charge >= 0.3 is 0 Å². The third-order valence-electron chi connectivity index (χ3n) is 4.65. The summed E-state index contributed by atoms with van der Waals surface area (Å²) in [6, 6.07) is 7.54. The molecule has 116 valence electrons. The molecule has 3 rings (SSSR count). The molecule has 0 atom stereocenters. The lowest BCUT2D eigenvalue weighted by molar-refractivity contribution is 0.458. The van der Waals surface area contributed by atoms with Crippen molar-refractivity contribution in [1.29, 1.82) is 0 Å². The number of hydrogen-bond donors (Lipinski definition) is 2. The van der Waals surface area contributed by atoms with Gasteiger partial charge in [-0.2, -0.15) is 0 Å². The lowest BCUT2D eigenvalue weighted by atomic mass is 9.85. The van der Waals surface area contributed by atoms with Crippen molar-refractivity contribution in [2.45, 2.75) is 46.0 Å². The second kappa shape index (κ2) is 6.04. The Morgan fingerprint density at radius 1 is 1.00 bits per heavy atom. The van der Waals surface area contributed by atoms with Crippen LogP contribution in [0.4, 0.5) is 0 Å². The average molecular weight is 296 g/mol. The maximum absolute atomic E-state index is 10.6. The summed E-state index contributed by atoms with van der Waals surface area (Å²) in [7, 11) is 0. The van der Waals surface area contributed by atoms with Crippen LogP contribution >= 0.6 is 0 Å². The zero-order chi connectivity index (χ0) is 15.7. The number of hydrogen-bond acceptors (Lipinski definition) is 2. The molecular weight excluding hydrogens is 272 g/mol. The van der Waals surface area contributed by atoms with Gasteiger partial charge in [-0.05, 0) is 31.6 Å². The summed E-state index contributed by atoms with van der Waals surface area (Å²) >= 11 is 0. The highest BCUT2D eigenvalue weighted by molar-refractivity contribution is 5.95. The van der Waals surface area contributed by atoms with E-state index in [4.69, 9.17) is 0 Å². The highest BCUT2D eigenvalue weighted by Crippen LogP contribution is 2.43. The van der Waals surface area contributed by atoms with Crippen LogP contribution in [0.25, 0.3) is 10.8 Å². The Morgan fingerprint density at radius 2 is 1.64 bits per heavy atom. The Hall–Kier alpha value is -1.96. The smallest absolute Gasteiger partial charge is 0.127 e. The molecule has 0 saturated carbocycles. The highest BCUT2D eigenvalue weighted by Gasteiger charge is 2.21. The molecule has 0 aliphatic heterocycles. The van der Waals surface area contributed by atoms with Crippen LogP contribution < -0.4 is 0 Å². The van der Waals surface area contributed by atoms with Gasteiger partial charge in [0.05, 0.1) is 0 Å². The fourth-order valence-corrected chi connectivity index (χ4v) is 3.39. The molecule has 2 aromatic rings. The maximum Gasteiger partial charge on any atom is 0.127 e. The second-order valence-corrected chi connectivity index (χ2v) is 6.73. The van der Waals surface area contributed by atoms with E-state index in [0.717, 1.165) is 47.1 Å². The van der Waals surface area contributed by atoms with Gasteiger partial charge in [0.1, 0.15) is 11.5 Å². The molecule has 0 spiro atoms. The van der Waals surface area contributed by atoms with Gasteiger partial charge in [0.15, 0.2) is 0 Å². The predicted molar refractivity (Wildman–Crippen MR) is 91.5 cm³/mol. The van der Waals surface area contributed by atoms with Gasteiger partial charge in [-0.25, -0.2) is 0 Å². The normalized spacial score (nSPS) is 14.2. The first-order chi connectivity index (χ1) is 10.6. The quantitative estimate of drug-likeness (QED) is 0.608. The first-order valence-electron chi connectivity index (χ1n) is 8.20. The predicted octanol–water partition coefficient (Wildman–Crippen LogP) is 5.10. The van der Waals surface area contributed by atoms with Crippen LogP contribution in [0, 0.1) is 5.92 Å².